The molecular weight excluding hydrogens is 142 g/mol. The van der Waals surface area contributed by atoms with E-state index in [9.17, 15) is 8.42 Å². The summed E-state index contributed by atoms with van der Waals surface area (Å²) in [6.07, 6.45) is 0. The first kappa shape index (κ1) is 7.16. The second kappa shape index (κ2) is 2.46. The van der Waals surface area contributed by atoms with Gasteiger partial charge in [0.15, 0.2) is 0 Å². The summed E-state index contributed by atoms with van der Waals surface area (Å²) < 4.78 is 28.6. The summed E-state index contributed by atoms with van der Waals surface area (Å²) >= 11 is 4.84. The Morgan fingerprint density at radius 2 is 2.14 bits per heavy atom. The molecule has 0 radical (unpaired) electrons. The van der Waals surface area contributed by atoms with Crippen molar-refractivity contribution in [1.82, 2.24) is 4.72 Å². The van der Waals surface area contributed by atoms with Gasteiger partial charge in [0.1, 0.15) is 0 Å². The molecule has 0 aliphatic rings. The first-order valence-corrected chi connectivity index (χ1v) is 3.32. The fourth-order valence-corrected chi connectivity index (χ4v) is 0.620. The predicted molar refractivity (Wildman–Crippen MR) is 25.4 cm³/mol. The average molecular weight is 146 g/mol. The van der Waals surface area contributed by atoms with Gasteiger partial charge < -0.3 is 0 Å². The summed E-state index contributed by atoms with van der Waals surface area (Å²) in [5.41, 5.74) is 0. The van der Waals surface area contributed by atoms with Gasteiger partial charge in [-0.2, -0.15) is 13.1 Å². The van der Waals surface area contributed by atoms with Gasteiger partial charge in [0, 0.05) is 0 Å². The average Bonchev–Trinajstić information content (AvgIpc) is 1.30. The molecule has 7 heavy (non-hydrogen) atoms. The number of nitrogens with one attached hydrogen (secondary N) is 1. The molecule has 0 aliphatic heterocycles. The van der Waals surface area contributed by atoms with E-state index in [2.05, 4.69) is 0 Å². The maximum absolute atomic E-state index is 9.59. The van der Waals surface area contributed by atoms with E-state index in [4.69, 9.17) is 16.2 Å². The lowest BCUT2D eigenvalue weighted by Crippen LogP contribution is -2.20. The molecule has 0 amide bonds. The summed E-state index contributed by atoms with van der Waals surface area (Å²) in [7, 11) is -4.06. The zero-order chi connectivity index (χ0) is 5.91. The SMILES string of the molecule is O=S(=O)(O)NCCl. The third-order valence-electron chi connectivity index (χ3n) is 0.237. The molecule has 0 saturated carbocycles. The molecule has 2 N–H and O–H groups in total. The Hall–Kier alpha value is 0.160. The Balaban J connectivity index is 3.60. The molecule has 0 fully saturated rings. The first-order chi connectivity index (χ1) is 3.06. The van der Waals surface area contributed by atoms with Crippen LogP contribution in [0.3, 0.4) is 0 Å². The minimum Gasteiger partial charge on any atom is -0.273 e. The molecule has 0 aromatic rings. The molecule has 0 atom stereocenters. The summed E-state index contributed by atoms with van der Waals surface area (Å²) in [6.45, 7) is 0. The van der Waals surface area contributed by atoms with Crippen LogP contribution in [-0.2, 0) is 10.3 Å². The third kappa shape index (κ3) is 6.16. The number of hydrogen-bond acceptors (Lipinski definition) is 2. The zero-order valence-corrected chi connectivity index (χ0v) is 4.83. The molecule has 44 valence electrons. The van der Waals surface area contributed by atoms with Crippen molar-refractivity contribution in [1.29, 1.82) is 0 Å². The highest BCUT2D eigenvalue weighted by atomic mass is 35.5. The molecule has 0 aromatic carbocycles. The second-order valence-electron chi connectivity index (χ2n) is 0.753. The van der Waals surface area contributed by atoms with Crippen LogP contribution in [-0.4, -0.2) is 19.0 Å². The van der Waals surface area contributed by atoms with Crippen LogP contribution < -0.4 is 4.72 Å². The number of halogens is 1. The van der Waals surface area contributed by atoms with Gasteiger partial charge in [-0.25, -0.2) is 0 Å². The number of rotatable bonds is 2. The zero-order valence-electron chi connectivity index (χ0n) is 3.26. The van der Waals surface area contributed by atoms with Crippen molar-refractivity contribution in [3.8, 4) is 0 Å². The Bertz CT molecular complexity index is 128. The van der Waals surface area contributed by atoms with Gasteiger partial charge in [-0.3, -0.25) is 4.55 Å². The van der Waals surface area contributed by atoms with E-state index < -0.39 is 10.3 Å². The molecule has 0 spiro atoms. The molecular formula is CH4ClNO3S. The predicted octanol–water partition coefficient (Wildman–Crippen LogP) is -0.425. The van der Waals surface area contributed by atoms with Crippen LogP contribution in [0.2, 0.25) is 0 Å². The van der Waals surface area contributed by atoms with Crippen molar-refractivity contribution >= 4 is 21.9 Å². The van der Waals surface area contributed by atoms with Crippen molar-refractivity contribution in [2.24, 2.45) is 0 Å². The Kier molecular flexibility index (Phi) is 2.52. The van der Waals surface area contributed by atoms with Crippen molar-refractivity contribution in [2.75, 3.05) is 6.00 Å². The van der Waals surface area contributed by atoms with E-state index >= 15 is 0 Å². The van der Waals surface area contributed by atoms with E-state index in [0.29, 0.717) is 0 Å². The molecule has 6 heteroatoms. The molecule has 0 bridgehead atoms. The Morgan fingerprint density at radius 1 is 1.71 bits per heavy atom. The van der Waals surface area contributed by atoms with Gasteiger partial charge in [-0.15, -0.1) is 11.6 Å². The lowest BCUT2D eigenvalue weighted by Gasteiger charge is -1.88. The molecule has 0 aliphatic carbocycles. The van der Waals surface area contributed by atoms with Crippen molar-refractivity contribution in [2.45, 2.75) is 0 Å². The second-order valence-corrected chi connectivity index (χ2v) is 2.26. The summed E-state index contributed by atoms with van der Waals surface area (Å²) in [4.78, 5) is 0. The maximum Gasteiger partial charge on any atom is 0.334 e. The van der Waals surface area contributed by atoms with E-state index in [0.717, 1.165) is 0 Å². The van der Waals surface area contributed by atoms with E-state index in [1.54, 1.807) is 4.72 Å². The number of hydrogen-bond donors (Lipinski definition) is 2. The standard InChI is InChI=1S/CH4ClNO3S/c2-1-3-7(4,5)6/h3H,1H2,(H,4,5,6). The Morgan fingerprint density at radius 3 is 2.14 bits per heavy atom. The van der Waals surface area contributed by atoms with Crippen molar-refractivity contribution in [3.63, 3.8) is 0 Å². The monoisotopic (exact) mass is 145 g/mol. The van der Waals surface area contributed by atoms with Gasteiger partial charge in [-0.05, 0) is 0 Å². The molecule has 0 aromatic heterocycles. The van der Waals surface area contributed by atoms with Crippen LogP contribution >= 0.6 is 11.6 Å². The lowest BCUT2D eigenvalue weighted by atomic mass is 11.6. The molecule has 0 heterocycles. The minimum atomic E-state index is -4.06. The minimum absolute atomic E-state index is 0.307. The largest absolute Gasteiger partial charge is 0.334 e. The van der Waals surface area contributed by atoms with E-state index in [1.165, 1.54) is 0 Å². The van der Waals surface area contributed by atoms with Gasteiger partial charge in [-0.1, -0.05) is 0 Å². The van der Waals surface area contributed by atoms with Crippen LogP contribution in [0, 0.1) is 0 Å². The molecule has 0 rings (SSSR count). The van der Waals surface area contributed by atoms with E-state index in [-0.39, 0.29) is 6.00 Å². The highest BCUT2D eigenvalue weighted by Gasteiger charge is 1.96. The Labute approximate surface area is 46.4 Å². The van der Waals surface area contributed by atoms with Gasteiger partial charge in [0.05, 0.1) is 6.00 Å². The normalized spacial score (nSPS) is 11.7. The molecule has 0 saturated heterocycles. The maximum atomic E-state index is 9.59. The summed E-state index contributed by atoms with van der Waals surface area (Å²) in [5, 5.41) is 0. The smallest absolute Gasteiger partial charge is 0.273 e. The number of alkyl halides is 1. The first-order valence-electron chi connectivity index (χ1n) is 1.34. The topological polar surface area (TPSA) is 66.4 Å². The third-order valence-corrected chi connectivity index (χ3v) is 1.04. The van der Waals surface area contributed by atoms with E-state index in [1.807, 2.05) is 0 Å². The van der Waals surface area contributed by atoms with Crippen LogP contribution in [0.15, 0.2) is 0 Å². The molecule has 4 nitrogen and oxygen atoms in total. The lowest BCUT2D eigenvalue weighted by molar-refractivity contribution is 0.472. The summed E-state index contributed by atoms with van der Waals surface area (Å²) in [6, 6.07) is -0.307. The van der Waals surface area contributed by atoms with Crippen LogP contribution in [0.25, 0.3) is 0 Å². The quantitative estimate of drug-likeness (QED) is 0.315. The molecule has 0 unspecified atom stereocenters. The van der Waals surface area contributed by atoms with Crippen molar-refractivity contribution in [3.05, 3.63) is 0 Å². The van der Waals surface area contributed by atoms with Crippen LogP contribution in [0.5, 0.6) is 0 Å². The van der Waals surface area contributed by atoms with Crippen LogP contribution in [0.1, 0.15) is 0 Å². The highest BCUT2D eigenvalue weighted by Crippen LogP contribution is 1.72. The highest BCUT2D eigenvalue weighted by molar-refractivity contribution is 7.83. The fourth-order valence-electron chi connectivity index (χ4n) is 0.0689. The van der Waals surface area contributed by atoms with Crippen LogP contribution in [0.4, 0.5) is 0 Å². The summed E-state index contributed by atoms with van der Waals surface area (Å²) in [5.74, 6) is 0. The van der Waals surface area contributed by atoms with Crippen molar-refractivity contribution < 1.29 is 13.0 Å². The van der Waals surface area contributed by atoms with Gasteiger partial charge in [0.25, 0.3) is 0 Å². The van der Waals surface area contributed by atoms with Gasteiger partial charge in [0.2, 0.25) is 0 Å². The fraction of sp³-hybridized carbons (Fsp3) is 1.00. The van der Waals surface area contributed by atoms with Gasteiger partial charge >= 0.3 is 10.3 Å².